The second-order valence-corrected chi connectivity index (χ2v) is 8.26. The van der Waals surface area contributed by atoms with Crippen LogP contribution in [-0.4, -0.2) is 33.8 Å². The van der Waals surface area contributed by atoms with Gasteiger partial charge in [0.15, 0.2) is 0 Å². The Labute approximate surface area is 204 Å². The molecule has 0 spiro atoms. The van der Waals surface area contributed by atoms with Crippen molar-refractivity contribution in [2.45, 2.75) is 32.7 Å². The lowest BCUT2D eigenvalue weighted by Crippen LogP contribution is -2.29. The first kappa shape index (κ1) is 23.9. The fraction of sp³-hybridized carbons (Fsp3) is 0.214. The van der Waals surface area contributed by atoms with Gasteiger partial charge in [-0.3, -0.25) is 14.6 Å². The number of nitrogens with zero attached hydrogens (tertiary/aromatic N) is 3. The van der Waals surface area contributed by atoms with E-state index in [0.717, 1.165) is 33.9 Å². The van der Waals surface area contributed by atoms with Crippen LogP contribution in [0.15, 0.2) is 79.0 Å². The molecule has 0 aliphatic heterocycles. The van der Waals surface area contributed by atoms with Crippen LogP contribution in [0.5, 0.6) is 0 Å². The molecule has 7 heteroatoms. The van der Waals surface area contributed by atoms with Crippen molar-refractivity contribution in [3.05, 3.63) is 113 Å². The molecule has 0 saturated heterocycles. The van der Waals surface area contributed by atoms with Gasteiger partial charge in [-0.1, -0.05) is 36.4 Å². The Bertz CT molecular complexity index is 1260. The number of hydrogen-bond donors (Lipinski definition) is 1. The number of hydrogen-bond acceptors (Lipinski definition) is 5. The first-order chi connectivity index (χ1) is 17.0. The van der Waals surface area contributed by atoms with Gasteiger partial charge in [0, 0.05) is 23.9 Å². The fourth-order valence-electron chi connectivity index (χ4n) is 4.11. The molecule has 0 bridgehead atoms. The third kappa shape index (κ3) is 5.46. The van der Waals surface area contributed by atoms with Crippen molar-refractivity contribution in [2.24, 2.45) is 0 Å². The van der Waals surface area contributed by atoms with Crippen molar-refractivity contribution in [2.75, 3.05) is 7.11 Å². The molecular weight excluding hydrogens is 440 g/mol. The molecular formula is C28H28N4O3. The summed E-state index contributed by atoms with van der Waals surface area (Å²) in [5.41, 5.74) is 5.97. The zero-order valence-electron chi connectivity index (χ0n) is 20.1. The Hall–Kier alpha value is -4.26. The number of esters is 1. The van der Waals surface area contributed by atoms with Crippen molar-refractivity contribution < 1.29 is 14.3 Å². The summed E-state index contributed by atoms with van der Waals surface area (Å²) < 4.78 is 6.59. The maximum absolute atomic E-state index is 13.1. The normalized spacial score (nSPS) is 11.6. The van der Waals surface area contributed by atoms with E-state index in [2.05, 4.69) is 15.4 Å². The number of nitrogens with one attached hydrogen (secondary N) is 1. The minimum atomic E-state index is -0.363. The van der Waals surface area contributed by atoms with Crippen LogP contribution >= 0.6 is 0 Å². The summed E-state index contributed by atoms with van der Waals surface area (Å²) in [5.74, 6) is -0.436. The molecule has 7 nitrogen and oxygen atoms in total. The minimum Gasteiger partial charge on any atom is -0.469 e. The molecule has 1 unspecified atom stereocenters. The van der Waals surface area contributed by atoms with Crippen LogP contribution in [0.4, 0.5) is 0 Å². The topological polar surface area (TPSA) is 86.1 Å². The van der Waals surface area contributed by atoms with Crippen molar-refractivity contribution in [1.29, 1.82) is 0 Å². The maximum Gasteiger partial charge on any atom is 0.305 e. The Morgan fingerprint density at radius 1 is 0.971 bits per heavy atom. The molecule has 2 aromatic carbocycles. The molecule has 0 fully saturated rings. The van der Waals surface area contributed by atoms with E-state index >= 15 is 0 Å². The van der Waals surface area contributed by atoms with Gasteiger partial charge in [-0.05, 0) is 67.8 Å². The van der Waals surface area contributed by atoms with Gasteiger partial charge in [0.2, 0.25) is 0 Å². The van der Waals surface area contributed by atoms with Gasteiger partial charge in [-0.15, -0.1) is 0 Å². The second-order valence-electron chi connectivity index (χ2n) is 8.26. The molecule has 1 amide bonds. The predicted octanol–water partition coefficient (Wildman–Crippen LogP) is 4.51. The second kappa shape index (κ2) is 10.8. The Morgan fingerprint density at radius 3 is 2.34 bits per heavy atom. The van der Waals surface area contributed by atoms with Gasteiger partial charge in [0.05, 0.1) is 30.2 Å². The van der Waals surface area contributed by atoms with Crippen LogP contribution in [0.2, 0.25) is 0 Å². The molecule has 2 aromatic heterocycles. The summed E-state index contributed by atoms with van der Waals surface area (Å²) in [4.78, 5) is 29.2. The van der Waals surface area contributed by atoms with Crippen LogP contribution in [-0.2, 0) is 16.0 Å². The molecule has 0 radical (unpaired) electrons. The standard InChI is InChI=1S/C28H28N4O3/c1-19-24(16-17-26(33)35-3)20(2)32(31-19)23-14-12-22(13-15-23)28(34)30-27(21-9-5-4-6-10-21)25-11-7-8-18-29-25/h4-15,18,27H,16-17H2,1-3H3,(H,30,34). The number of carbonyl (C=O) groups excluding carboxylic acids is 2. The number of aromatic nitrogens is 3. The summed E-state index contributed by atoms with van der Waals surface area (Å²) in [6, 6.07) is 22.4. The van der Waals surface area contributed by atoms with Crippen LogP contribution in [0.3, 0.4) is 0 Å². The Kier molecular flexibility index (Phi) is 7.35. The fourth-order valence-corrected chi connectivity index (χ4v) is 4.11. The molecule has 2 heterocycles. The lowest BCUT2D eigenvalue weighted by molar-refractivity contribution is -0.140. The van der Waals surface area contributed by atoms with Gasteiger partial charge < -0.3 is 10.1 Å². The lowest BCUT2D eigenvalue weighted by atomic mass is 10.0. The van der Waals surface area contributed by atoms with Crippen LogP contribution < -0.4 is 5.32 Å². The van der Waals surface area contributed by atoms with Gasteiger partial charge in [-0.2, -0.15) is 5.10 Å². The van der Waals surface area contributed by atoms with Gasteiger partial charge in [-0.25, -0.2) is 4.68 Å². The van der Waals surface area contributed by atoms with E-state index < -0.39 is 0 Å². The van der Waals surface area contributed by atoms with Crippen LogP contribution in [0.1, 0.15) is 51.0 Å². The highest BCUT2D eigenvalue weighted by Crippen LogP contribution is 2.22. The molecule has 1 atom stereocenters. The SMILES string of the molecule is COC(=O)CCc1c(C)nn(-c2ccc(C(=O)NC(c3ccccc3)c3ccccn3)cc2)c1C. The quantitative estimate of drug-likeness (QED) is 0.385. The first-order valence-electron chi connectivity index (χ1n) is 11.5. The molecule has 0 aliphatic rings. The van der Waals surface area contributed by atoms with E-state index in [1.54, 1.807) is 18.3 Å². The average Bonchev–Trinajstić information content (AvgIpc) is 3.19. The molecule has 0 saturated carbocycles. The van der Waals surface area contributed by atoms with Crippen LogP contribution in [0.25, 0.3) is 5.69 Å². The zero-order valence-corrected chi connectivity index (χ0v) is 20.1. The third-order valence-electron chi connectivity index (χ3n) is 6.01. The van der Waals surface area contributed by atoms with Gasteiger partial charge in [0.25, 0.3) is 5.91 Å². The minimum absolute atomic E-state index is 0.191. The monoisotopic (exact) mass is 468 g/mol. The molecule has 0 aliphatic carbocycles. The van der Waals surface area contributed by atoms with E-state index in [1.807, 2.05) is 79.2 Å². The predicted molar refractivity (Wildman–Crippen MR) is 133 cm³/mol. The van der Waals surface area contributed by atoms with E-state index in [9.17, 15) is 9.59 Å². The molecule has 35 heavy (non-hydrogen) atoms. The highest BCUT2D eigenvalue weighted by Gasteiger charge is 2.19. The number of pyridine rings is 1. The molecule has 4 aromatic rings. The highest BCUT2D eigenvalue weighted by atomic mass is 16.5. The summed E-state index contributed by atoms with van der Waals surface area (Å²) in [6.45, 7) is 3.91. The van der Waals surface area contributed by atoms with Crippen molar-refractivity contribution >= 4 is 11.9 Å². The smallest absolute Gasteiger partial charge is 0.305 e. The van der Waals surface area contributed by atoms with E-state index in [4.69, 9.17) is 4.74 Å². The van der Waals surface area contributed by atoms with E-state index in [1.165, 1.54) is 7.11 Å². The van der Waals surface area contributed by atoms with Gasteiger partial charge >= 0.3 is 5.97 Å². The third-order valence-corrected chi connectivity index (χ3v) is 6.01. The van der Waals surface area contributed by atoms with Gasteiger partial charge in [0.1, 0.15) is 0 Å². The molecule has 178 valence electrons. The number of amides is 1. The Morgan fingerprint density at radius 2 is 1.69 bits per heavy atom. The first-order valence-corrected chi connectivity index (χ1v) is 11.5. The summed E-state index contributed by atoms with van der Waals surface area (Å²) in [6.07, 6.45) is 2.60. The number of ether oxygens (including phenoxy) is 1. The van der Waals surface area contributed by atoms with Crippen molar-refractivity contribution in [3.63, 3.8) is 0 Å². The lowest BCUT2D eigenvalue weighted by Gasteiger charge is -2.19. The van der Waals surface area contributed by atoms with Crippen molar-refractivity contribution in [1.82, 2.24) is 20.1 Å². The van der Waals surface area contributed by atoms with E-state index in [-0.39, 0.29) is 17.9 Å². The summed E-state index contributed by atoms with van der Waals surface area (Å²) in [5, 5.41) is 7.76. The number of rotatable bonds is 8. The number of benzene rings is 2. The summed E-state index contributed by atoms with van der Waals surface area (Å²) >= 11 is 0. The van der Waals surface area contributed by atoms with Crippen molar-refractivity contribution in [3.8, 4) is 5.69 Å². The summed E-state index contributed by atoms with van der Waals surface area (Å²) in [7, 11) is 1.39. The van der Waals surface area contributed by atoms with Crippen LogP contribution in [0, 0.1) is 13.8 Å². The number of carbonyl (C=O) groups is 2. The molecule has 1 N–H and O–H groups in total. The highest BCUT2D eigenvalue weighted by molar-refractivity contribution is 5.94. The Balaban J connectivity index is 1.54. The molecule has 4 rings (SSSR count). The largest absolute Gasteiger partial charge is 0.469 e. The average molecular weight is 469 g/mol. The number of methoxy groups -OCH3 is 1. The van der Waals surface area contributed by atoms with E-state index in [0.29, 0.717) is 18.4 Å². The zero-order chi connectivity index (χ0) is 24.8. The maximum atomic E-state index is 13.1. The number of aryl methyl sites for hydroxylation is 1.